The molecule has 0 saturated heterocycles. The minimum atomic E-state index is -0.384. The lowest BCUT2D eigenvalue weighted by Crippen LogP contribution is -2.18. The highest BCUT2D eigenvalue weighted by atomic mass is 79.9. The monoisotopic (exact) mass is 475 g/mol. The van der Waals surface area contributed by atoms with Crippen molar-refractivity contribution >= 4 is 62.5 Å². The molecule has 2 heterocycles. The first-order chi connectivity index (χ1) is 12.4. The fourth-order valence-corrected chi connectivity index (χ4v) is 3.49. The average Bonchev–Trinajstić information content (AvgIpc) is 3.12. The summed E-state index contributed by atoms with van der Waals surface area (Å²) in [5.74, 6) is -0.00942. The number of carbonyl (C=O) groups is 1. The van der Waals surface area contributed by atoms with Gasteiger partial charge in [-0.15, -0.1) is 0 Å². The Morgan fingerprint density at radius 1 is 1.27 bits per heavy atom. The van der Waals surface area contributed by atoms with Crippen molar-refractivity contribution in [3.05, 3.63) is 61.4 Å². The third-order valence-electron chi connectivity index (χ3n) is 3.61. The number of hydrogen-bond donors (Lipinski definition) is 1. The molecular weight excluding hydrogens is 464 g/mol. The van der Waals surface area contributed by atoms with Gasteiger partial charge in [-0.25, -0.2) is 0 Å². The van der Waals surface area contributed by atoms with Gasteiger partial charge < -0.3 is 5.32 Å². The maximum atomic E-state index is 12.5. The molecule has 6 nitrogen and oxygen atoms in total. The van der Waals surface area contributed by atoms with Crippen molar-refractivity contribution in [2.24, 2.45) is 0 Å². The largest absolute Gasteiger partial charge is 0.303 e. The highest BCUT2D eigenvalue weighted by Crippen LogP contribution is 2.25. The SMILES string of the molecule is CCn1ncc(Cl)c1C(=O)Nc1nn(Cc2ccc(Cl)cc2Cl)cc1Br. The van der Waals surface area contributed by atoms with E-state index in [9.17, 15) is 4.79 Å². The molecule has 0 atom stereocenters. The maximum Gasteiger partial charge on any atom is 0.276 e. The predicted octanol–water partition coefficient (Wildman–Crippen LogP) is 5.12. The Kier molecular flexibility index (Phi) is 5.92. The molecule has 0 radical (unpaired) electrons. The third kappa shape index (κ3) is 4.06. The molecular formula is C16H13BrCl3N5O. The molecule has 136 valence electrons. The summed E-state index contributed by atoms with van der Waals surface area (Å²) in [6.07, 6.45) is 3.19. The molecule has 0 bridgehead atoms. The first-order valence-electron chi connectivity index (χ1n) is 7.58. The van der Waals surface area contributed by atoms with E-state index < -0.39 is 0 Å². The summed E-state index contributed by atoms with van der Waals surface area (Å²) in [5.41, 5.74) is 1.15. The number of benzene rings is 1. The van der Waals surface area contributed by atoms with Crippen molar-refractivity contribution in [2.75, 3.05) is 5.32 Å². The van der Waals surface area contributed by atoms with Crippen LogP contribution in [0, 0.1) is 0 Å². The number of nitrogens with one attached hydrogen (secondary N) is 1. The second-order valence-electron chi connectivity index (χ2n) is 5.37. The first-order valence-corrected chi connectivity index (χ1v) is 9.51. The van der Waals surface area contributed by atoms with Gasteiger partial charge in [-0.1, -0.05) is 40.9 Å². The molecule has 3 aromatic rings. The highest BCUT2D eigenvalue weighted by molar-refractivity contribution is 9.10. The zero-order chi connectivity index (χ0) is 18.8. The molecule has 0 spiro atoms. The second-order valence-corrected chi connectivity index (χ2v) is 7.48. The Morgan fingerprint density at radius 3 is 2.73 bits per heavy atom. The van der Waals surface area contributed by atoms with Crippen LogP contribution in [0.1, 0.15) is 23.0 Å². The van der Waals surface area contributed by atoms with E-state index in [1.54, 1.807) is 23.0 Å². The van der Waals surface area contributed by atoms with Gasteiger partial charge in [-0.3, -0.25) is 14.2 Å². The number of anilines is 1. The van der Waals surface area contributed by atoms with Crippen LogP contribution in [-0.4, -0.2) is 25.5 Å². The minimum Gasteiger partial charge on any atom is -0.303 e. The van der Waals surface area contributed by atoms with Crippen LogP contribution in [-0.2, 0) is 13.1 Å². The Labute approximate surface area is 173 Å². The molecule has 0 aliphatic rings. The van der Waals surface area contributed by atoms with Gasteiger partial charge in [-0.2, -0.15) is 10.2 Å². The van der Waals surface area contributed by atoms with E-state index in [0.29, 0.717) is 33.4 Å². The van der Waals surface area contributed by atoms with Gasteiger partial charge >= 0.3 is 0 Å². The topological polar surface area (TPSA) is 64.7 Å². The molecule has 0 aliphatic carbocycles. The van der Waals surface area contributed by atoms with Crippen LogP contribution in [0.5, 0.6) is 0 Å². The summed E-state index contributed by atoms with van der Waals surface area (Å²) in [7, 11) is 0. The summed E-state index contributed by atoms with van der Waals surface area (Å²) in [6.45, 7) is 2.83. The predicted molar refractivity (Wildman–Crippen MR) is 106 cm³/mol. The Morgan fingerprint density at radius 2 is 2.04 bits per heavy atom. The third-order valence-corrected chi connectivity index (χ3v) is 5.05. The fraction of sp³-hybridized carbons (Fsp3) is 0.188. The lowest BCUT2D eigenvalue weighted by molar-refractivity contribution is 0.101. The molecule has 0 fully saturated rings. The van der Waals surface area contributed by atoms with Gasteiger partial charge in [0, 0.05) is 22.8 Å². The number of amides is 1. The van der Waals surface area contributed by atoms with Crippen LogP contribution >= 0.6 is 50.7 Å². The number of aryl methyl sites for hydroxylation is 1. The van der Waals surface area contributed by atoms with Gasteiger partial charge in [-0.05, 0) is 40.5 Å². The maximum absolute atomic E-state index is 12.5. The van der Waals surface area contributed by atoms with Crippen molar-refractivity contribution < 1.29 is 4.79 Å². The number of aromatic nitrogens is 4. The lowest BCUT2D eigenvalue weighted by Gasteiger charge is -2.06. The van der Waals surface area contributed by atoms with Crippen LogP contribution in [0.3, 0.4) is 0 Å². The number of rotatable bonds is 5. The van der Waals surface area contributed by atoms with Crippen LogP contribution < -0.4 is 5.32 Å². The van der Waals surface area contributed by atoms with E-state index in [0.717, 1.165) is 5.56 Å². The summed E-state index contributed by atoms with van der Waals surface area (Å²) >= 11 is 21.6. The van der Waals surface area contributed by atoms with Crippen LogP contribution in [0.4, 0.5) is 5.82 Å². The van der Waals surface area contributed by atoms with Crippen molar-refractivity contribution in [3.63, 3.8) is 0 Å². The summed E-state index contributed by atoms with van der Waals surface area (Å²) in [6, 6.07) is 5.27. The molecule has 1 N–H and O–H groups in total. The summed E-state index contributed by atoms with van der Waals surface area (Å²) in [4.78, 5) is 12.5. The van der Waals surface area contributed by atoms with E-state index in [4.69, 9.17) is 34.8 Å². The Bertz CT molecular complexity index is 969. The zero-order valence-corrected chi connectivity index (χ0v) is 17.4. The van der Waals surface area contributed by atoms with E-state index in [2.05, 4.69) is 31.4 Å². The van der Waals surface area contributed by atoms with Crippen molar-refractivity contribution in [1.82, 2.24) is 19.6 Å². The van der Waals surface area contributed by atoms with E-state index >= 15 is 0 Å². The van der Waals surface area contributed by atoms with Crippen molar-refractivity contribution in [1.29, 1.82) is 0 Å². The van der Waals surface area contributed by atoms with Gasteiger partial charge in [0.2, 0.25) is 0 Å². The van der Waals surface area contributed by atoms with E-state index in [1.807, 2.05) is 13.0 Å². The normalized spacial score (nSPS) is 11.0. The molecule has 0 saturated carbocycles. The minimum absolute atomic E-state index is 0.285. The lowest BCUT2D eigenvalue weighted by atomic mass is 10.2. The highest BCUT2D eigenvalue weighted by Gasteiger charge is 2.19. The molecule has 2 aromatic heterocycles. The molecule has 0 unspecified atom stereocenters. The number of hydrogen-bond acceptors (Lipinski definition) is 3. The molecule has 26 heavy (non-hydrogen) atoms. The van der Waals surface area contributed by atoms with Gasteiger partial charge in [0.1, 0.15) is 5.69 Å². The Hall–Kier alpha value is -1.54. The van der Waals surface area contributed by atoms with E-state index in [-0.39, 0.29) is 16.6 Å². The van der Waals surface area contributed by atoms with Gasteiger partial charge in [0.15, 0.2) is 5.82 Å². The second kappa shape index (κ2) is 8.00. The molecule has 0 aliphatic heterocycles. The van der Waals surface area contributed by atoms with Gasteiger partial charge in [0.25, 0.3) is 5.91 Å². The number of halogens is 4. The summed E-state index contributed by atoms with van der Waals surface area (Å²) in [5, 5.41) is 12.6. The first kappa shape index (κ1) is 19.2. The zero-order valence-electron chi connectivity index (χ0n) is 13.5. The Balaban J connectivity index is 1.80. The smallest absolute Gasteiger partial charge is 0.276 e. The standard InChI is InChI=1S/C16H13BrCl3N5O/c1-2-25-14(13(20)6-21-25)16(26)22-15-11(17)8-24(23-15)7-9-3-4-10(18)5-12(9)19/h3-6,8H,2,7H2,1H3,(H,22,23,26). The van der Waals surface area contributed by atoms with Crippen LogP contribution in [0.15, 0.2) is 35.1 Å². The van der Waals surface area contributed by atoms with Crippen molar-refractivity contribution in [3.8, 4) is 0 Å². The van der Waals surface area contributed by atoms with Gasteiger partial charge in [0.05, 0.1) is 22.2 Å². The average molecular weight is 478 g/mol. The van der Waals surface area contributed by atoms with Crippen LogP contribution in [0.25, 0.3) is 0 Å². The van der Waals surface area contributed by atoms with E-state index in [1.165, 1.54) is 10.9 Å². The molecule has 3 rings (SSSR count). The fourth-order valence-electron chi connectivity index (χ4n) is 2.38. The molecule has 1 amide bonds. The molecule has 10 heteroatoms. The molecule has 1 aromatic carbocycles. The van der Waals surface area contributed by atoms with Crippen molar-refractivity contribution in [2.45, 2.75) is 20.0 Å². The number of carbonyl (C=O) groups excluding carboxylic acids is 1. The quantitative estimate of drug-likeness (QED) is 0.555. The van der Waals surface area contributed by atoms with Crippen LogP contribution in [0.2, 0.25) is 15.1 Å². The number of nitrogens with zero attached hydrogens (tertiary/aromatic N) is 4. The summed E-state index contributed by atoms with van der Waals surface area (Å²) < 4.78 is 3.82.